The number of ether oxygens (including phenoxy) is 2. The highest BCUT2D eigenvalue weighted by molar-refractivity contribution is 14.1. The van der Waals surface area contributed by atoms with Crippen molar-refractivity contribution in [3.8, 4) is 22.1 Å². The Morgan fingerprint density at radius 1 is 1.29 bits per heavy atom. The number of imidazole rings is 1. The lowest BCUT2D eigenvalue weighted by Gasteiger charge is -2.24. The van der Waals surface area contributed by atoms with Crippen LogP contribution in [-0.2, 0) is 0 Å². The zero-order valence-electron chi connectivity index (χ0n) is 13.2. The van der Waals surface area contributed by atoms with Crippen molar-refractivity contribution in [1.29, 1.82) is 0 Å². The van der Waals surface area contributed by atoms with Crippen LogP contribution in [0.4, 0.5) is 0 Å². The van der Waals surface area contributed by atoms with Gasteiger partial charge in [-0.25, -0.2) is 4.98 Å². The SMILES string of the molecule is COc1cc(-c2nn3c(I)cnc3s2)ccc1OC1CCNCC1. The lowest BCUT2D eigenvalue weighted by Crippen LogP contribution is -2.34. The van der Waals surface area contributed by atoms with E-state index < -0.39 is 0 Å². The molecule has 0 radical (unpaired) electrons. The third-order valence-electron chi connectivity index (χ3n) is 4.03. The van der Waals surface area contributed by atoms with Crippen molar-refractivity contribution in [2.45, 2.75) is 18.9 Å². The van der Waals surface area contributed by atoms with Crippen molar-refractivity contribution in [2.75, 3.05) is 20.2 Å². The number of nitrogens with zero attached hydrogens (tertiary/aromatic N) is 3. The average Bonchev–Trinajstić information content (AvgIpc) is 3.18. The van der Waals surface area contributed by atoms with Crippen LogP contribution in [0.25, 0.3) is 15.5 Å². The summed E-state index contributed by atoms with van der Waals surface area (Å²) in [4.78, 5) is 5.24. The van der Waals surface area contributed by atoms with Gasteiger partial charge >= 0.3 is 0 Å². The van der Waals surface area contributed by atoms with Gasteiger partial charge in [-0.2, -0.15) is 9.61 Å². The molecule has 0 unspecified atom stereocenters. The van der Waals surface area contributed by atoms with Crippen LogP contribution in [0.3, 0.4) is 0 Å². The monoisotopic (exact) mass is 456 g/mol. The normalized spacial score (nSPS) is 15.8. The Balaban J connectivity index is 1.62. The van der Waals surface area contributed by atoms with Gasteiger partial charge in [-0.05, 0) is 66.7 Å². The minimum absolute atomic E-state index is 0.246. The lowest BCUT2D eigenvalue weighted by molar-refractivity contribution is 0.157. The Hall–Kier alpha value is -1.39. The predicted molar refractivity (Wildman–Crippen MR) is 102 cm³/mol. The Kier molecular flexibility index (Phi) is 4.59. The van der Waals surface area contributed by atoms with Crippen LogP contribution in [0.5, 0.6) is 11.5 Å². The summed E-state index contributed by atoms with van der Waals surface area (Å²) in [6.45, 7) is 2.01. The van der Waals surface area contributed by atoms with Crippen LogP contribution in [0.2, 0.25) is 0 Å². The van der Waals surface area contributed by atoms with E-state index in [-0.39, 0.29) is 6.10 Å². The molecule has 24 heavy (non-hydrogen) atoms. The van der Waals surface area contributed by atoms with Gasteiger partial charge in [-0.15, -0.1) is 0 Å². The topological polar surface area (TPSA) is 60.7 Å². The molecule has 1 fully saturated rings. The summed E-state index contributed by atoms with van der Waals surface area (Å²) in [7, 11) is 1.67. The molecule has 0 amide bonds. The second kappa shape index (κ2) is 6.85. The summed E-state index contributed by atoms with van der Waals surface area (Å²) in [5.74, 6) is 1.54. The molecule has 1 saturated heterocycles. The molecule has 3 aromatic rings. The Bertz CT molecular complexity index is 857. The Morgan fingerprint density at radius 3 is 2.88 bits per heavy atom. The number of fused-ring (bicyclic) bond motifs is 1. The first-order chi connectivity index (χ1) is 11.7. The highest BCUT2D eigenvalue weighted by Gasteiger charge is 2.18. The van der Waals surface area contributed by atoms with Gasteiger partial charge in [-0.1, -0.05) is 11.3 Å². The van der Waals surface area contributed by atoms with Crippen LogP contribution in [0.15, 0.2) is 24.4 Å². The molecule has 3 heterocycles. The molecule has 1 aliphatic rings. The summed E-state index contributed by atoms with van der Waals surface area (Å²) in [6.07, 6.45) is 4.11. The standard InChI is InChI=1S/C16H17IN4O2S/c1-22-13-8-10(15-20-21-14(17)9-19-16(21)24-15)2-3-12(13)23-11-4-6-18-7-5-11/h2-3,8-9,11,18H,4-7H2,1H3. The largest absolute Gasteiger partial charge is 0.493 e. The fourth-order valence-electron chi connectivity index (χ4n) is 2.77. The first-order valence-corrected chi connectivity index (χ1v) is 9.70. The number of halogens is 1. The summed E-state index contributed by atoms with van der Waals surface area (Å²) >= 11 is 3.79. The van der Waals surface area contributed by atoms with Crippen LogP contribution < -0.4 is 14.8 Å². The molecule has 0 atom stereocenters. The fraction of sp³-hybridized carbons (Fsp3) is 0.375. The second-order valence-corrected chi connectivity index (χ2v) is 7.68. The van der Waals surface area contributed by atoms with E-state index in [0.717, 1.165) is 56.7 Å². The van der Waals surface area contributed by atoms with E-state index in [2.05, 4.69) is 38.0 Å². The van der Waals surface area contributed by atoms with Crippen LogP contribution >= 0.6 is 33.9 Å². The quantitative estimate of drug-likeness (QED) is 0.612. The third-order valence-corrected chi connectivity index (χ3v) is 5.74. The molecule has 8 heteroatoms. The molecule has 1 aromatic carbocycles. The van der Waals surface area contributed by atoms with Crippen molar-refractivity contribution < 1.29 is 9.47 Å². The minimum Gasteiger partial charge on any atom is -0.493 e. The molecule has 6 nitrogen and oxygen atoms in total. The van der Waals surface area contributed by atoms with Gasteiger partial charge in [0, 0.05) is 5.56 Å². The molecular formula is C16H17IN4O2S. The van der Waals surface area contributed by atoms with E-state index in [1.165, 1.54) is 0 Å². The number of hydrogen-bond donors (Lipinski definition) is 1. The number of rotatable bonds is 4. The smallest absolute Gasteiger partial charge is 0.213 e. The van der Waals surface area contributed by atoms with Crippen molar-refractivity contribution in [1.82, 2.24) is 19.9 Å². The maximum atomic E-state index is 6.13. The van der Waals surface area contributed by atoms with Gasteiger partial charge in [0.15, 0.2) is 11.5 Å². The molecule has 0 bridgehead atoms. The van der Waals surface area contributed by atoms with E-state index in [9.17, 15) is 0 Å². The maximum Gasteiger partial charge on any atom is 0.213 e. The second-order valence-electron chi connectivity index (χ2n) is 5.62. The van der Waals surface area contributed by atoms with E-state index in [4.69, 9.17) is 9.47 Å². The number of nitrogens with one attached hydrogen (secondary N) is 1. The average molecular weight is 456 g/mol. The van der Waals surface area contributed by atoms with Crippen LogP contribution in [-0.4, -0.2) is 40.9 Å². The van der Waals surface area contributed by atoms with Gasteiger partial charge in [0.05, 0.1) is 13.3 Å². The van der Waals surface area contributed by atoms with E-state index in [1.807, 2.05) is 28.9 Å². The molecule has 0 aliphatic carbocycles. The van der Waals surface area contributed by atoms with Gasteiger partial charge in [0.2, 0.25) is 4.96 Å². The summed E-state index contributed by atoms with van der Waals surface area (Å²) in [6, 6.07) is 6.00. The minimum atomic E-state index is 0.246. The fourth-order valence-corrected chi connectivity index (χ4v) is 4.29. The molecule has 0 saturated carbocycles. The summed E-state index contributed by atoms with van der Waals surface area (Å²) in [5.41, 5.74) is 1.01. The molecule has 1 N–H and O–H groups in total. The Morgan fingerprint density at radius 2 is 2.12 bits per heavy atom. The van der Waals surface area contributed by atoms with Crippen molar-refractivity contribution in [2.24, 2.45) is 0 Å². The molecule has 2 aromatic heterocycles. The highest BCUT2D eigenvalue weighted by atomic mass is 127. The van der Waals surface area contributed by atoms with Crippen molar-refractivity contribution >= 4 is 38.9 Å². The number of hydrogen-bond acceptors (Lipinski definition) is 6. The lowest BCUT2D eigenvalue weighted by atomic mass is 10.1. The number of benzene rings is 1. The zero-order valence-corrected chi connectivity index (χ0v) is 16.1. The first-order valence-electron chi connectivity index (χ1n) is 7.80. The molecule has 0 spiro atoms. The van der Waals surface area contributed by atoms with Crippen LogP contribution in [0.1, 0.15) is 12.8 Å². The third kappa shape index (κ3) is 3.09. The zero-order chi connectivity index (χ0) is 16.5. The molecule has 4 rings (SSSR count). The van der Waals surface area contributed by atoms with Crippen molar-refractivity contribution in [3.05, 3.63) is 28.1 Å². The molecule has 1 aliphatic heterocycles. The van der Waals surface area contributed by atoms with Crippen LogP contribution in [0, 0.1) is 3.70 Å². The molecule has 126 valence electrons. The van der Waals surface area contributed by atoms with Crippen molar-refractivity contribution in [3.63, 3.8) is 0 Å². The van der Waals surface area contributed by atoms with E-state index in [0.29, 0.717) is 0 Å². The van der Waals surface area contributed by atoms with Gasteiger partial charge in [0.1, 0.15) is 14.8 Å². The number of methoxy groups -OCH3 is 1. The number of piperidine rings is 1. The van der Waals surface area contributed by atoms with Gasteiger partial charge < -0.3 is 14.8 Å². The first kappa shape index (κ1) is 16.1. The highest BCUT2D eigenvalue weighted by Crippen LogP contribution is 2.35. The summed E-state index contributed by atoms with van der Waals surface area (Å²) in [5, 5.41) is 8.89. The summed E-state index contributed by atoms with van der Waals surface area (Å²) < 4.78 is 14.5. The molecular weight excluding hydrogens is 439 g/mol. The number of aromatic nitrogens is 3. The van der Waals surface area contributed by atoms with E-state index in [1.54, 1.807) is 18.4 Å². The Labute approximate surface area is 157 Å². The van der Waals surface area contributed by atoms with Gasteiger partial charge in [0.25, 0.3) is 0 Å². The predicted octanol–water partition coefficient (Wildman–Crippen LogP) is 3.20. The van der Waals surface area contributed by atoms with Gasteiger partial charge in [-0.3, -0.25) is 0 Å². The maximum absolute atomic E-state index is 6.13. The van der Waals surface area contributed by atoms with E-state index >= 15 is 0 Å².